The number of aromatic nitrogens is 4. The Morgan fingerprint density at radius 1 is 1.05 bits per heavy atom. The Morgan fingerprint density at radius 3 is 1.85 bits per heavy atom. The number of nitrogens with zero attached hydrogens (tertiary/aromatic N) is 3. The fourth-order valence-electron chi connectivity index (χ4n) is 1.37. The summed E-state index contributed by atoms with van der Waals surface area (Å²) in [7, 11) is 0. The molecule has 7 heteroatoms. The summed E-state index contributed by atoms with van der Waals surface area (Å²) in [4.78, 5) is 10.5. The zero-order chi connectivity index (χ0) is 13.7. The van der Waals surface area contributed by atoms with E-state index in [0.717, 1.165) is 5.69 Å². The van der Waals surface area contributed by atoms with Gasteiger partial charge in [0.25, 0.3) is 5.56 Å². The molecule has 2 aromatic heterocycles. The van der Waals surface area contributed by atoms with Crippen molar-refractivity contribution in [3.8, 4) is 0 Å². The first-order valence-corrected chi connectivity index (χ1v) is 6.19. The van der Waals surface area contributed by atoms with Crippen LogP contribution in [-0.4, -0.2) is 36.4 Å². The third-order valence-corrected chi connectivity index (χ3v) is 2.45. The monoisotopic (exact) mass is 272 g/mol. The Kier molecular flexibility index (Phi) is 9.59. The molecule has 0 fully saturated rings. The van der Waals surface area contributed by atoms with Crippen LogP contribution in [0, 0.1) is 6.92 Å². The lowest BCUT2D eigenvalue weighted by atomic mass is 10.4. The minimum Gasteiger partial charge on any atom is -0.290 e. The number of hydrogen-bond donors (Lipinski definition) is 1. The molecule has 20 heavy (non-hydrogen) atoms. The zero-order valence-electron chi connectivity index (χ0n) is 12.9. The molecule has 2 aromatic rings. The molecule has 0 unspecified atom stereocenters. The Hall–Kier alpha value is -1.65. The van der Waals surface area contributed by atoms with Gasteiger partial charge in [0.1, 0.15) is 0 Å². The van der Waals surface area contributed by atoms with Gasteiger partial charge in [0.2, 0.25) is 0 Å². The molecule has 0 amide bonds. The maximum atomic E-state index is 10.5. The molecule has 6 radical (unpaired) electrons. The van der Waals surface area contributed by atoms with Crippen molar-refractivity contribution in [1.82, 2.24) is 19.6 Å². The van der Waals surface area contributed by atoms with Gasteiger partial charge in [-0.3, -0.25) is 19.3 Å². The first-order chi connectivity index (χ1) is 8.40. The van der Waals surface area contributed by atoms with Crippen LogP contribution in [0.4, 0.5) is 0 Å². The molecule has 0 atom stereocenters. The maximum absolute atomic E-state index is 10.5. The van der Waals surface area contributed by atoms with E-state index in [1.54, 1.807) is 10.9 Å². The molecule has 2 rings (SSSR count). The lowest BCUT2D eigenvalue weighted by Gasteiger charge is -2.03. The number of rotatable bonds is 2. The van der Waals surface area contributed by atoms with Gasteiger partial charge in [-0.15, -0.1) is 0 Å². The van der Waals surface area contributed by atoms with Gasteiger partial charge < -0.3 is 0 Å². The number of H-pyrrole nitrogens is 1. The number of aryl methyl sites for hydroxylation is 1. The third-order valence-electron chi connectivity index (χ3n) is 2.45. The van der Waals surface area contributed by atoms with Crippen molar-refractivity contribution >= 4 is 16.8 Å². The summed E-state index contributed by atoms with van der Waals surface area (Å²) in [5.41, 5.74) is 1.05. The molecule has 106 valence electrons. The maximum Gasteiger partial charge on any atom is 0.264 e. The van der Waals surface area contributed by atoms with Gasteiger partial charge >= 0.3 is 0 Å². The smallest absolute Gasteiger partial charge is 0.264 e. The highest BCUT2D eigenvalue weighted by molar-refractivity contribution is 5.76. The van der Waals surface area contributed by atoms with Crippen molar-refractivity contribution in [3.05, 3.63) is 40.6 Å². The average Bonchev–Trinajstić information content (AvgIpc) is 2.88. The molecule has 0 aliphatic heterocycles. The fourth-order valence-corrected chi connectivity index (χ4v) is 1.37. The Labute approximate surface area is 124 Å². The van der Waals surface area contributed by atoms with Crippen LogP contribution in [-0.2, 0) is 0 Å². The minimum atomic E-state index is -0.0382. The molecular formula is C13H22B2N4O. The summed E-state index contributed by atoms with van der Waals surface area (Å²) < 4.78 is 3.72. The predicted molar refractivity (Wildman–Crippen MR) is 84.3 cm³/mol. The van der Waals surface area contributed by atoms with E-state index in [1.165, 1.54) is 6.07 Å². The lowest BCUT2D eigenvalue weighted by molar-refractivity contribution is 0.528. The van der Waals surface area contributed by atoms with Gasteiger partial charge in [-0.1, -0.05) is 0 Å². The van der Waals surface area contributed by atoms with E-state index < -0.39 is 0 Å². The van der Waals surface area contributed by atoms with Crippen molar-refractivity contribution in [2.45, 2.75) is 46.7 Å². The quantitative estimate of drug-likeness (QED) is 0.847. The van der Waals surface area contributed by atoms with Gasteiger partial charge in [0.15, 0.2) is 0 Å². The lowest BCUT2D eigenvalue weighted by Crippen LogP contribution is -2.06. The molecule has 0 saturated carbocycles. The minimum absolute atomic E-state index is 0. The zero-order valence-corrected chi connectivity index (χ0v) is 12.9. The number of hydrogen-bond acceptors (Lipinski definition) is 2. The van der Waals surface area contributed by atoms with Gasteiger partial charge in [-0.05, 0) is 40.7 Å². The standard InChI is InChI=1S/C7H12N2.C6H10N2O.2B/c1-6(2)9-5-4-7(3)8-9;1-5(2)8-4-3-6(9)7-8;;/h4-6H,1-3H3;3-5H,1-2H3,(H,7,9);;. The van der Waals surface area contributed by atoms with Crippen LogP contribution in [0.3, 0.4) is 0 Å². The molecule has 0 aromatic carbocycles. The SMILES string of the molecule is CC(C)n1ccc(=O)[nH]1.Cc1ccn(C(C)C)n1.[B].[B]. The van der Waals surface area contributed by atoms with Crippen LogP contribution >= 0.6 is 0 Å². The summed E-state index contributed by atoms with van der Waals surface area (Å²) in [6, 6.07) is 4.35. The van der Waals surface area contributed by atoms with E-state index in [4.69, 9.17) is 0 Å². The molecular weight excluding hydrogens is 250 g/mol. The summed E-state index contributed by atoms with van der Waals surface area (Å²) in [6.45, 7) is 10.3. The highest BCUT2D eigenvalue weighted by Gasteiger charge is 1.95. The highest BCUT2D eigenvalue weighted by Crippen LogP contribution is 2.02. The van der Waals surface area contributed by atoms with E-state index >= 15 is 0 Å². The summed E-state index contributed by atoms with van der Waals surface area (Å²) in [5, 5.41) is 6.86. The van der Waals surface area contributed by atoms with Crippen molar-refractivity contribution in [2.75, 3.05) is 0 Å². The fraction of sp³-hybridized carbons (Fsp3) is 0.538. The molecule has 1 N–H and O–H groups in total. The summed E-state index contributed by atoms with van der Waals surface area (Å²) in [6.07, 6.45) is 3.74. The Morgan fingerprint density at radius 2 is 1.65 bits per heavy atom. The van der Waals surface area contributed by atoms with Crippen molar-refractivity contribution < 1.29 is 0 Å². The van der Waals surface area contributed by atoms with E-state index in [1.807, 2.05) is 37.7 Å². The van der Waals surface area contributed by atoms with Crippen LogP contribution in [0.5, 0.6) is 0 Å². The number of aromatic amines is 1. The molecule has 0 aliphatic carbocycles. The van der Waals surface area contributed by atoms with Crippen molar-refractivity contribution in [1.29, 1.82) is 0 Å². The second-order valence-corrected chi connectivity index (χ2v) is 4.82. The van der Waals surface area contributed by atoms with E-state index in [2.05, 4.69) is 24.0 Å². The van der Waals surface area contributed by atoms with Gasteiger partial charge in [-0.2, -0.15) is 5.10 Å². The first kappa shape index (κ1) is 20.7. The summed E-state index contributed by atoms with van der Waals surface area (Å²) in [5.74, 6) is 0. The van der Waals surface area contributed by atoms with E-state index in [-0.39, 0.29) is 22.4 Å². The Balaban J connectivity index is 0. The Bertz CT molecular complexity index is 528. The summed E-state index contributed by atoms with van der Waals surface area (Å²) >= 11 is 0. The van der Waals surface area contributed by atoms with Crippen LogP contribution < -0.4 is 5.56 Å². The van der Waals surface area contributed by atoms with Crippen molar-refractivity contribution in [2.24, 2.45) is 0 Å². The second kappa shape index (κ2) is 9.28. The van der Waals surface area contributed by atoms with E-state index in [0.29, 0.717) is 12.1 Å². The molecule has 5 nitrogen and oxygen atoms in total. The van der Waals surface area contributed by atoms with Crippen molar-refractivity contribution in [3.63, 3.8) is 0 Å². The third kappa shape index (κ3) is 6.50. The van der Waals surface area contributed by atoms with Crippen LogP contribution in [0.15, 0.2) is 29.3 Å². The average molecular weight is 272 g/mol. The van der Waals surface area contributed by atoms with Crippen LogP contribution in [0.2, 0.25) is 0 Å². The highest BCUT2D eigenvalue weighted by atomic mass is 16.1. The second-order valence-electron chi connectivity index (χ2n) is 4.82. The molecule has 0 aliphatic rings. The topological polar surface area (TPSA) is 55.6 Å². The molecule has 0 bridgehead atoms. The van der Waals surface area contributed by atoms with Gasteiger partial charge in [0.05, 0.1) is 5.69 Å². The van der Waals surface area contributed by atoms with Gasteiger partial charge in [-0.25, -0.2) is 0 Å². The predicted octanol–water partition coefficient (Wildman–Crippen LogP) is 1.77. The molecule has 0 spiro atoms. The normalized spacial score (nSPS) is 9.55. The largest absolute Gasteiger partial charge is 0.290 e. The molecule has 2 heterocycles. The van der Waals surface area contributed by atoms with Gasteiger partial charge in [0, 0.05) is 47.4 Å². The number of nitrogens with one attached hydrogen (secondary N) is 1. The van der Waals surface area contributed by atoms with Crippen LogP contribution in [0.25, 0.3) is 0 Å². The van der Waals surface area contributed by atoms with E-state index in [9.17, 15) is 4.79 Å². The first-order valence-electron chi connectivity index (χ1n) is 6.19. The van der Waals surface area contributed by atoms with Crippen LogP contribution in [0.1, 0.15) is 45.5 Å². The molecule has 0 saturated heterocycles.